The summed E-state index contributed by atoms with van der Waals surface area (Å²) in [6, 6.07) is 14.1. The molecule has 1 amide bonds. The molecular formula is C42H34ClF6N9O4S. The number of sulfonamides is 1. The van der Waals surface area contributed by atoms with Crippen LogP contribution in [-0.4, -0.2) is 54.7 Å². The van der Waals surface area contributed by atoms with E-state index in [9.17, 15) is 30.8 Å². The molecule has 63 heavy (non-hydrogen) atoms. The number of hydrogen-bond donors (Lipinski definition) is 2. The van der Waals surface area contributed by atoms with Crippen LogP contribution in [0.1, 0.15) is 65.8 Å². The zero-order valence-electron chi connectivity index (χ0n) is 33.3. The van der Waals surface area contributed by atoms with Crippen LogP contribution in [0.15, 0.2) is 71.5 Å². The fourth-order valence-electron chi connectivity index (χ4n) is 8.58. The molecule has 2 aliphatic rings. The summed E-state index contributed by atoms with van der Waals surface area (Å²) in [6.45, 7) is 0.955. The van der Waals surface area contributed by atoms with Gasteiger partial charge in [0.05, 0.1) is 50.5 Å². The maximum absolute atomic E-state index is 15.5. The largest absolute Gasteiger partial charge is 0.344 e. The van der Waals surface area contributed by atoms with E-state index in [-0.39, 0.29) is 61.7 Å². The van der Waals surface area contributed by atoms with Crippen LogP contribution in [0, 0.1) is 17.6 Å². The fraction of sp³-hybridized carbons (Fsp3) is 0.286. The maximum Gasteiger partial charge on any atom is 0.293 e. The summed E-state index contributed by atoms with van der Waals surface area (Å²) in [5.41, 5.74) is -0.548. The number of halogens is 7. The summed E-state index contributed by atoms with van der Waals surface area (Å²) in [6.07, 6.45) is -2.13. The van der Waals surface area contributed by atoms with Gasteiger partial charge in [-0.2, -0.15) is 19.0 Å². The molecule has 0 aliphatic heterocycles. The van der Waals surface area contributed by atoms with Crippen molar-refractivity contribution in [1.82, 2.24) is 39.4 Å². The minimum Gasteiger partial charge on any atom is -0.344 e. The van der Waals surface area contributed by atoms with Gasteiger partial charge in [0.2, 0.25) is 15.9 Å². The van der Waals surface area contributed by atoms with E-state index in [1.54, 1.807) is 18.2 Å². The number of fused-ring (bicyclic) bond motifs is 5. The SMILES string of the molecule is CCc1cccc(-c2ccc3c(=O)n(-c4ccc(Cl)c5c(NS(C)(=O)=O)nn(C)c45)c([C@H](Cc4cc(F)cc(F)c4)NC(=O)Cn4nc(C(F)F)c5c4C(F)(F)[C@@H]4C[C@H]54)nc3c2)n1. The molecule has 3 atom stereocenters. The van der Waals surface area contributed by atoms with Crippen molar-refractivity contribution >= 4 is 55.2 Å². The Hall–Kier alpha value is -6.28. The Bertz CT molecular complexity index is 3210. The molecule has 2 aliphatic carbocycles. The summed E-state index contributed by atoms with van der Waals surface area (Å²) in [4.78, 5) is 38.8. The first-order valence-electron chi connectivity index (χ1n) is 19.5. The first kappa shape index (κ1) is 42.0. The Morgan fingerprint density at radius 3 is 2.46 bits per heavy atom. The van der Waals surface area contributed by atoms with Gasteiger partial charge in [-0.1, -0.05) is 30.7 Å². The van der Waals surface area contributed by atoms with Crippen molar-refractivity contribution in [3.63, 3.8) is 0 Å². The third-order valence-corrected chi connectivity index (χ3v) is 12.1. The molecule has 0 saturated heterocycles. The number of aryl methyl sites for hydroxylation is 2. The third kappa shape index (κ3) is 7.47. The van der Waals surface area contributed by atoms with Gasteiger partial charge in [0.15, 0.2) is 5.82 Å². The molecule has 0 unspecified atom stereocenters. The molecule has 2 N–H and O–H groups in total. The number of carbonyl (C=O) groups is 1. The standard InChI is InChI=1S/C42H34ClF6N9O4S/c1-4-23-6-5-7-28(50-23)20-8-9-24-29(15-20)52-40(58(41(24)60)31-11-10-27(43)34-36(31)56(2)54-39(34)55-63(3,61)62)30(14-19-12-21(44)16-22(45)13-19)51-32(59)18-57-37-33(35(53-57)38(46)47)25-17-26(25)42(37,48)49/h5-13,15-16,25-26,30,38H,4,14,17-18H2,1-3H3,(H,51,59)(H,54,55)/t25-,26+,30-/m0/s1. The van der Waals surface area contributed by atoms with E-state index in [1.807, 2.05) is 19.1 Å². The topological polar surface area (TPSA) is 159 Å². The monoisotopic (exact) mass is 909 g/mol. The highest BCUT2D eigenvalue weighted by molar-refractivity contribution is 7.92. The average Bonchev–Trinajstić information content (AvgIpc) is 3.75. The number of alkyl halides is 4. The normalized spacial score (nSPS) is 17.0. The van der Waals surface area contributed by atoms with Crippen LogP contribution >= 0.6 is 11.6 Å². The second kappa shape index (κ2) is 15.2. The highest BCUT2D eigenvalue weighted by Crippen LogP contribution is 2.68. The number of nitrogens with zero attached hydrogens (tertiary/aromatic N) is 7. The minimum atomic E-state index is -3.91. The van der Waals surface area contributed by atoms with Gasteiger partial charge in [0.1, 0.15) is 35.4 Å². The van der Waals surface area contributed by atoms with Crippen molar-refractivity contribution in [2.75, 3.05) is 11.0 Å². The van der Waals surface area contributed by atoms with Gasteiger partial charge in [0, 0.05) is 42.3 Å². The number of rotatable bonds is 12. The van der Waals surface area contributed by atoms with Crippen molar-refractivity contribution < 1.29 is 39.6 Å². The molecule has 0 bridgehead atoms. The van der Waals surface area contributed by atoms with Crippen molar-refractivity contribution in [2.24, 2.45) is 13.0 Å². The number of amides is 1. The second-order valence-electron chi connectivity index (χ2n) is 15.6. The fourth-order valence-corrected chi connectivity index (χ4v) is 9.31. The van der Waals surface area contributed by atoms with E-state index in [0.29, 0.717) is 28.4 Å². The van der Waals surface area contributed by atoms with Gasteiger partial charge in [-0.3, -0.25) is 33.2 Å². The third-order valence-electron chi connectivity index (χ3n) is 11.3. The van der Waals surface area contributed by atoms with Gasteiger partial charge in [-0.15, -0.1) is 0 Å². The average molecular weight is 910 g/mol. The number of pyridine rings is 1. The Morgan fingerprint density at radius 1 is 1.02 bits per heavy atom. The van der Waals surface area contributed by atoms with Crippen LogP contribution < -0.4 is 15.6 Å². The number of anilines is 1. The summed E-state index contributed by atoms with van der Waals surface area (Å²) in [5, 5.41) is 10.9. The Kier molecular flexibility index (Phi) is 10.2. The minimum absolute atomic E-state index is 0.00268. The van der Waals surface area contributed by atoms with Gasteiger partial charge in [-0.05, 0) is 72.9 Å². The van der Waals surface area contributed by atoms with E-state index in [2.05, 4.69) is 25.2 Å². The van der Waals surface area contributed by atoms with Crippen molar-refractivity contribution in [3.05, 3.63) is 128 Å². The van der Waals surface area contributed by atoms with Gasteiger partial charge in [-0.25, -0.2) is 31.0 Å². The molecule has 1 saturated carbocycles. The highest BCUT2D eigenvalue weighted by atomic mass is 35.5. The Labute approximate surface area is 358 Å². The number of aromatic nitrogens is 7. The molecule has 7 aromatic rings. The molecule has 13 nitrogen and oxygen atoms in total. The molecular weight excluding hydrogens is 876 g/mol. The van der Waals surface area contributed by atoms with E-state index in [1.165, 1.54) is 29.9 Å². The van der Waals surface area contributed by atoms with Crippen LogP contribution in [0.25, 0.3) is 38.8 Å². The van der Waals surface area contributed by atoms with Gasteiger partial charge >= 0.3 is 0 Å². The molecule has 1 fully saturated rings. The number of benzene rings is 3. The lowest BCUT2D eigenvalue weighted by molar-refractivity contribution is -0.123. The summed E-state index contributed by atoms with van der Waals surface area (Å²) < 4.78 is 119. The van der Waals surface area contributed by atoms with Crippen molar-refractivity contribution in [2.45, 2.75) is 57.0 Å². The Morgan fingerprint density at radius 2 is 1.76 bits per heavy atom. The molecule has 3 aromatic carbocycles. The summed E-state index contributed by atoms with van der Waals surface area (Å²) in [5.74, 6) is -9.00. The lowest BCUT2D eigenvalue weighted by Gasteiger charge is -2.24. The first-order valence-corrected chi connectivity index (χ1v) is 21.8. The summed E-state index contributed by atoms with van der Waals surface area (Å²) >= 11 is 6.64. The molecule has 21 heteroatoms. The number of carbonyl (C=O) groups excluding carboxylic acids is 1. The highest BCUT2D eigenvalue weighted by Gasteiger charge is 2.67. The van der Waals surface area contributed by atoms with Crippen LogP contribution in [0.5, 0.6) is 0 Å². The van der Waals surface area contributed by atoms with Crippen LogP contribution in [0.4, 0.5) is 32.2 Å². The van der Waals surface area contributed by atoms with E-state index in [0.717, 1.165) is 28.6 Å². The van der Waals surface area contributed by atoms with Crippen LogP contribution in [-0.2, 0) is 47.2 Å². The molecule has 4 heterocycles. The predicted molar refractivity (Wildman–Crippen MR) is 221 cm³/mol. The lowest BCUT2D eigenvalue weighted by atomic mass is 10.0. The predicted octanol–water partition coefficient (Wildman–Crippen LogP) is 7.64. The summed E-state index contributed by atoms with van der Waals surface area (Å²) in [7, 11) is -2.45. The van der Waals surface area contributed by atoms with Crippen LogP contribution in [0.2, 0.25) is 5.02 Å². The molecule has 9 rings (SSSR count). The lowest BCUT2D eigenvalue weighted by Crippen LogP contribution is -2.38. The van der Waals surface area contributed by atoms with Gasteiger partial charge < -0.3 is 5.32 Å². The number of nitrogens with one attached hydrogen (secondary N) is 2. The zero-order chi connectivity index (χ0) is 44.9. The molecule has 0 radical (unpaired) electrons. The molecule has 326 valence electrons. The van der Waals surface area contributed by atoms with Crippen LogP contribution in [0.3, 0.4) is 0 Å². The number of hydrogen-bond acceptors (Lipinski definition) is 8. The Balaban J connectivity index is 1.26. The smallest absolute Gasteiger partial charge is 0.293 e. The second-order valence-corrected chi connectivity index (χ2v) is 17.8. The maximum atomic E-state index is 15.5. The van der Waals surface area contributed by atoms with Crippen molar-refractivity contribution in [3.8, 4) is 16.9 Å². The van der Waals surface area contributed by atoms with Crippen molar-refractivity contribution in [1.29, 1.82) is 0 Å². The van der Waals surface area contributed by atoms with E-state index >= 15 is 13.6 Å². The van der Waals surface area contributed by atoms with Gasteiger partial charge in [0.25, 0.3) is 17.9 Å². The molecule has 0 spiro atoms. The van der Waals surface area contributed by atoms with E-state index < -0.39 is 87.7 Å². The first-order chi connectivity index (χ1) is 29.8. The molecule has 4 aromatic heterocycles. The van der Waals surface area contributed by atoms with E-state index in [4.69, 9.17) is 16.6 Å². The zero-order valence-corrected chi connectivity index (χ0v) is 34.9. The quantitative estimate of drug-likeness (QED) is 0.118.